The van der Waals surface area contributed by atoms with Crippen molar-refractivity contribution in [2.75, 3.05) is 13.2 Å². The van der Waals surface area contributed by atoms with Crippen LogP contribution in [-0.4, -0.2) is 27.8 Å². The van der Waals surface area contributed by atoms with Crippen molar-refractivity contribution in [3.8, 4) is 0 Å². The highest BCUT2D eigenvalue weighted by molar-refractivity contribution is 6.42. The van der Waals surface area contributed by atoms with Crippen LogP contribution in [0.25, 0.3) is 5.65 Å². The molecule has 1 aliphatic heterocycles. The van der Waals surface area contributed by atoms with E-state index in [1.54, 1.807) is 18.2 Å². The third-order valence-corrected chi connectivity index (χ3v) is 5.91. The minimum Gasteiger partial charge on any atom is -0.381 e. The van der Waals surface area contributed by atoms with Gasteiger partial charge in [-0.05, 0) is 24.5 Å². The molecule has 4 rings (SSSR count). The van der Waals surface area contributed by atoms with Gasteiger partial charge < -0.3 is 4.74 Å². The molecule has 0 spiro atoms. The van der Waals surface area contributed by atoms with Crippen molar-refractivity contribution in [3.63, 3.8) is 0 Å². The molecule has 2 aromatic heterocycles. The third-order valence-electron chi connectivity index (χ3n) is 5.06. The normalized spacial score (nSPS) is 15.9. The Hall–Kier alpha value is -2.03. The SMILES string of the molecule is O=c1cc(C2CCOCC2)nc2c(Cc3cccc(Cl)c3Cl)c(C(F)(F)F)[nH]n12. The lowest BCUT2D eigenvalue weighted by atomic mass is 9.96. The van der Waals surface area contributed by atoms with Crippen LogP contribution in [0.4, 0.5) is 13.2 Å². The fourth-order valence-electron chi connectivity index (χ4n) is 3.58. The van der Waals surface area contributed by atoms with Crippen LogP contribution in [0.3, 0.4) is 0 Å². The first kappa shape index (κ1) is 20.3. The number of alkyl halides is 3. The molecule has 1 saturated heterocycles. The Morgan fingerprint density at radius 3 is 2.66 bits per heavy atom. The molecule has 1 aliphatic rings. The minimum absolute atomic E-state index is 0.0340. The van der Waals surface area contributed by atoms with Crippen LogP contribution in [-0.2, 0) is 17.3 Å². The van der Waals surface area contributed by atoms with Gasteiger partial charge >= 0.3 is 6.18 Å². The zero-order valence-electron chi connectivity index (χ0n) is 15.0. The average molecular weight is 446 g/mol. The van der Waals surface area contributed by atoms with Crippen LogP contribution >= 0.6 is 23.2 Å². The molecule has 1 aromatic carbocycles. The fraction of sp³-hybridized carbons (Fsp3) is 0.368. The predicted molar refractivity (Wildman–Crippen MR) is 103 cm³/mol. The number of nitrogens with zero attached hydrogens (tertiary/aromatic N) is 2. The number of nitrogens with one attached hydrogen (secondary N) is 1. The van der Waals surface area contributed by atoms with Crippen molar-refractivity contribution in [2.45, 2.75) is 31.4 Å². The summed E-state index contributed by atoms with van der Waals surface area (Å²) >= 11 is 12.2. The van der Waals surface area contributed by atoms with E-state index in [9.17, 15) is 18.0 Å². The number of aromatic amines is 1. The summed E-state index contributed by atoms with van der Waals surface area (Å²) in [5.41, 5.74) is -0.927. The van der Waals surface area contributed by atoms with E-state index in [-0.39, 0.29) is 33.6 Å². The monoisotopic (exact) mass is 445 g/mol. The van der Waals surface area contributed by atoms with Crippen molar-refractivity contribution >= 4 is 28.8 Å². The second-order valence-corrected chi connectivity index (χ2v) is 7.70. The first-order valence-corrected chi connectivity index (χ1v) is 9.73. The quantitative estimate of drug-likeness (QED) is 0.627. The van der Waals surface area contributed by atoms with E-state index >= 15 is 0 Å². The van der Waals surface area contributed by atoms with Crippen molar-refractivity contribution in [1.82, 2.24) is 14.6 Å². The lowest BCUT2D eigenvalue weighted by Gasteiger charge is -2.21. The topological polar surface area (TPSA) is 59.4 Å². The van der Waals surface area contributed by atoms with Gasteiger partial charge in [0.1, 0.15) is 5.69 Å². The number of H-pyrrole nitrogens is 1. The highest BCUT2D eigenvalue weighted by Crippen LogP contribution is 2.36. The van der Waals surface area contributed by atoms with E-state index in [0.29, 0.717) is 37.3 Å². The summed E-state index contributed by atoms with van der Waals surface area (Å²) in [6.07, 6.45) is -3.55. The average Bonchev–Trinajstić information content (AvgIpc) is 3.06. The van der Waals surface area contributed by atoms with E-state index in [2.05, 4.69) is 10.1 Å². The summed E-state index contributed by atoms with van der Waals surface area (Å²) in [6, 6.07) is 6.05. The summed E-state index contributed by atoms with van der Waals surface area (Å²) in [4.78, 5) is 17.0. The van der Waals surface area contributed by atoms with Crippen LogP contribution < -0.4 is 5.56 Å². The van der Waals surface area contributed by atoms with Gasteiger partial charge in [0.2, 0.25) is 0 Å². The maximum atomic E-state index is 13.7. The molecule has 29 heavy (non-hydrogen) atoms. The van der Waals surface area contributed by atoms with E-state index in [4.69, 9.17) is 27.9 Å². The van der Waals surface area contributed by atoms with Crippen LogP contribution in [0, 0.1) is 0 Å². The molecule has 5 nitrogen and oxygen atoms in total. The molecular weight excluding hydrogens is 430 g/mol. The van der Waals surface area contributed by atoms with Crippen LogP contribution in [0.1, 0.15) is 41.3 Å². The van der Waals surface area contributed by atoms with Crippen molar-refractivity contribution in [2.24, 2.45) is 0 Å². The summed E-state index contributed by atoms with van der Waals surface area (Å²) in [5, 5.41) is 2.58. The molecule has 3 aromatic rings. The zero-order chi connectivity index (χ0) is 20.8. The first-order valence-electron chi connectivity index (χ1n) is 8.98. The Balaban J connectivity index is 1.90. The smallest absolute Gasteiger partial charge is 0.381 e. The van der Waals surface area contributed by atoms with Crippen LogP contribution in [0.5, 0.6) is 0 Å². The third kappa shape index (κ3) is 3.89. The summed E-state index contributed by atoms with van der Waals surface area (Å²) in [7, 11) is 0. The molecule has 0 amide bonds. The molecule has 3 heterocycles. The fourth-order valence-corrected chi connectivity index (χ4v) is 3.97. The maximum absolute atomic E-state index is 13.7. The molecule has 1 fully saturated rings. The van der Waals surface area contributed by atoms with Gasteiger partial charge in [0.25, 0.3) is 5.56 Å². The minimum atomic E-state index is -4.70. The number of hydrogen-bond acceptors (Lipinski definition) is 3. The molecular formula is C19H16Cl2F3N3O2. The van der Waals surface area contributed by atoms with Crippen molar-refractivity contribution < 1.29 is 17.9 Å². The highest BCUT2D eigenvalue weighted by atomic mass is 35.5. The zero-order valence-corrected chi connectivity index (χ0v) is 16.5. The number of hydrogen-bond donors (Lipinski definition) is 1. The van der Waals surface area contributed by atoms with Gasteiger partial charge in [-0.15, -0.1) is 0 Å². The van der Waals surface area contributed by atoms with E-state index < -0.39 is 17.4 Å². The van der Waals surface area contributed by atoms with Gasteiger partial charge in [-0.3, -0.25) is 9.89 Å². The Labute approximate surface area is 173 Å². The molecule has 0 radical (unpaired) electrons. The number of aromatic nitrogens is 3. The molecule has 1 N–H and O–H groups in total. The number of rotatable bonds is 3. The summed E-state index contributed by atoms with van der Waals surface area (Å²) < 4.78 is 47.3. The van der Waals surface area contributed by atoms with Gasteiger partial charge in [0.05, 0.1) is 15.7 Å². The van der Waals surface area contributed by atoms with Gasteiger partial charge in [-0.25, -0.2) is 9.50 Å². The Kier molecular flexibility index (Phi) is 5.35. The Morgan fingerprint density at radius 1 is 1.24 bits per heavy atom. The lowest BCUT2D eigenvalue weighted by molar-refractivity contribution is -0.141. The van der Waals surface area contributed by atoms with Crippen LogP contribution in [0.2, 0.25) is 10.0 Å². The van der Waals surface area contributed by atoms with Gasteiger partial charge in [0, 0.05) is 37.2 Å². The van der Waals surface area contributed by atoms with E-state index in [1.807, 2.05) is 0 Å². The number of benzene rings is 1. The largest absolute Gasteiger partial charge is 0.433 e. The maximum Gasteiger partial charge on any atom is 0.433 e. The van der Waals surface area contributed by atoms with E-state index in [1.165, 1.54) is 6.07 Å². The lowest BCUT2D eigenvalue weighted by Crippen LogP contribution is -2.21. The molecule has 154 valence electrons. The first-order chi connectivity index (χ1) is 13.8. The standard InChI is InChI=1S/C19H16Cl2F3N3O2/c20-13-3-1-2-11(16(13)21)8-12-17(19(22,23)24)26-27-15(28)9-14(25-18(12)27)10-4-6-29-7-5-10/h1-3,9-10,26H,4-8H2. The number of ether oxygens (including phenoxy) is 1. The van der Waals surface area contributed by atoms with Gasteiger partial charge in [-0.1, -0.05) is 35.3 Å². The molecule has 0 bridgehead atoms. The summed E-state index contributed by atoms with van der Waals surface area (Å²) in [5.74, 6) is -0.0340. The molecule has 10 heteroatoms. The summed E-state index contributed by atoms with van der Waals surface area (Å²) in [6.45, 7) is 1.05. The van der Waals surface area contributed by atoms with E-state index in [0.717, 1.165) is 4.52 Å². The second-order valence-electron chi connectivity index (χ2n) is 6.92. The molecule has 0 unspecified atom stereocenters. The second kappa shape index (κ2) is 7.66. The predicted octanol–water partition coefficient (Wildman–Crippen LogP) is 4.83. The van der Waals surface area contributed by atoms with Crippen molar-refractivity contribution in [3.05, 3.63) is 67.2 Å². The van der Waals surface area contributed by atoms with Gasteiger partial charge in [0.15, 0.2) is 5.65 Å². The Bertz CT molecular complexity index is 1120. The molecule has 0 aliphatic carbocycles. The Morgan fingerprint density at radius 2 is 1.97 bits per heavy atom. The van der Waals surface area contributed by atoms with Crippen LogP contribution in [0.15, 0.2) is 29.1 Å². The van der Waals surface area contributed by atoms with Crippen molar-refractivity contribution in [1.29, 1.82) is 0 Å². The molecule has 0 atom stereocenters. The number of fused-ring (bicyclic) bond motifs is 1. The number of halogens is 5. The molecule has 0 saturated carbocycles. The highest BCUT2D eigenvalue weighted by Gasteiger charge is 2.38. The van der Waals surface area contributed by atoms with Gasteiger partial charge in [-0.2, -0.15) is 13.2 Å².